The summed E-state index contributed by atoms with van der Waals surface area (Å²) in [7, 11) is 0. The molecule has 0 aromatic heterocycles. The summed E-state index contributed by atoms with van der Waals surface area (Å²) in [6, 6.07) is 0.357. The van der Waals surface area contributed by atoms with E-state index in [1.807, 2.05) is 0 Å². The van der Waals surface area contributed by atoms with E-state index in [2.05, 4.69) is 12.2 Å². The largest absolute Gasteiger partial charge is 0.396 e. The molecule has 76 valence electrons. The summed E-state index contributed by atoms with van der Waals surface area (Å²) in [5, 5.41) is 11.5. The highest BCUT2D eigenvalue weighted by Crippen LogP contribution is 2.23. The highest BCUT2D eigenvalue weighted by molar-refractivity contribution is 5.76. The van der Waals surface area contributed by atoms with Gasteiger partial charge in [0.05, 0.1) is 6.61 Å². The zero-order valence-corrected chi connectivity index (χ0v) is 8.25. The molecule has 0 unspecified atom stereocenters. The van der Waals surface area contributed by atoms with Gasteiger partial charge in [-0.05, 0) is 31.6 Å². The van der Waals surface area contributed by atoms with Crippen molar-refractivity contribution in [3.8, 4) is 0 Å². The first-order valence-electron chi connectivity index (χ1n) is 5.12. The minimum absolute atomic E-state index is 0.0120. The van der Waals surface area contributed by atoms with Crippen molar-refractivity contribution < 1.29 is 9.90 Å². The third kappa shape index (κ3) is 3.77. The molecule has 0 aliphatic heterocycles. The van der Waals surface area contributed by atoms with Gasteiger partial charge >= 0.3 is 0 Å². The second kappa shape index (κ2) is 5.22. The Bertz CT molecular complexity index is 162. The lowest BCUT2D eigenvalue weighted by molar-refractivity contribution is -0.122. The summed E-state index contributed by atoms with van der Waals surface area (Å²) < 4.78 is 0. The second-order valence-corrected chi connectivity index (χ2v) is 4.00. The van der Waals surface area contributed by atoms with Gasteiger partial charge in [0.1, 0.15) is 0 Å². The van der Waals surface area contributed by atoms with Gasteiger partial charge in [0.25, 0.3) is 0 Å². The van der Waals surface area contributed by atoms with Crippen LogP contribution in [0, 0.1) is 5.92 Å². The molecule has 0 heterocycles. The lowest BCUT2D eigenvalue weighted by Gasteiger charge is -2.26. The van der Waals surface area contributed by atoms with Gasteiger partial charge in [-0.15, -0.1) is 0 Å². The van der Waals surface area contributed by atoms with Gasteiger partial charge in [-0.3, -0.25) is 4.79 Å². The Labute approximate surface area is 79.5 Å². The number of hydrogen-bond donors (Lipinski definition) is 2. The van der Waals surface area contributed by atoms with Crippen LogP contribution in [0.1, 0.15) is 39.0 Å². The normalized spacial score (nSPS) is 28.5. The molecule has 1 aliphatic carbocycles. The Balaban J connectivity index is 2.18. The molecular weight excluding hydrogens is 166 g/mol. The summed E-state index contributed by atoms with van der Waals surface area (Å²) in [6.45, 7) is 2.21. The van der Waals surface area contributed by atoms with E-state index in [4.69, 9.17) is 5.11 Å². The van der Waals surface area contributed by atoms with E-state index in [0.29, 0.717) is 6.04 Å². The third-order valence-electron chi connectivity index (χ3n) is 2.72. The van der Waals surface area contributed by atoms with Gasteiger partial charge in [-0.2, -0.15) is 0 Å². The fourth-order valence-corrected chi connectivity index (χ4v) is 1.81. The van der Waals surface area contributed by atoms with Crippen molar-refractivity contribution in [2.45, 2.75) is 45.1 Å². The van der Waals surface area contributed by atoms with E-state index < -0.39 is 0 Å². The molecule has 0 atom stereocenters. The monoisotopic (exact) mass is 185 g/mol. The number of hydrogen-bond acceptors (Lipinski definition) is 2. The van der Waals surface area contributed by atoms with Crippen LogP contribution in [0.5, 0.6) is 0 Å². The average Bonchev–Trinajstić information content (AvgIpc) is 2.09. The van der Waals surface area contributed by atoms with Gasteiger partial charge < -0.3 is 10.4 Å². The number of carbonyl (C=O) groups is 1. The molecule has 3 heteroatoms. The maximum atomic E-state index is 11.1. The van der Waals surface area contributed by atoms with Crippen LogP contribution in [-0.4, -0.2) is 23.7 Å². The molecule has 3 nitrogen and oxygen atoms in total. The Morgan fingerprint density at radius 3 is 2.54 bits per heavy atom. The van der Waals surface area contributed by atoms with Crippen LogP contribution in [0.25, 0.3) is 0 Å². The molecule has 1 aliphatic rings. The molecule has 0 aromatic rings. The van der Waals surface area contributed by atoms with Gasteiger partial charge in [0, 0.05) is 12.5 Å². The van der Waals surface area contributed by atoms with Crippen LogP contribution in [0.15, 0.2) is 0 Å². The highest BCUT2D eigenvalue weighted by atomic mass is 16.3. The fraction of sp³-hybridized carbons (Fsp3) is 0.900. The number of amides is 1. The first-order valence-corrected chi connectivity index (χ1v) is 5.12. The first kappa shape index (κ1) is 10.5. The zero-order chi connectivity index (χ0) is 9.68. The number of nitrogens with one attached hydrogen (secondary N) is 1. The average molecular weight is 185 g/mol. The number of rotatable bonds is 3. The summed E-state index contributed by atoms with van der Waals surface area (Å²) in [5.74, 6) is 0.799. The van der Waals surface area contributed by atoms with Crippen molar-refractivity contribution in [1.82, 2.24) is 5.32 Å². The number of carbonyl (C=O) groups excluding carboxylic acids is 1. The second-order valence-electron chi connectivity index (χ2n) is 4.00. The molecule has 0 bridgehead atoms. The van der Waals surface area contributed by atoms with Crippen molar-refractivity contribution in [2.24, 2.45) is 5.92 Å². The van der Waals surface area contributed by atoms with Crippen molar-refractivity contribution in [3.63, 3.8) is 0 Å². The lowest BCUT2D eigenvalue weighted by atomic mass is 9.87. The molecule has 2 N–H and O–H groups in total. The van der Waals surface area contributed by atoms with Gasteiger partial charge in [0.15, 0.2) is 0 Å². The SMILES string of the molecule is CC1CCC(NC(=O)CCO)CC1. The molecule has 1 saturated carbocycles. The smallest absolute Gasteiger partial charge is 0.222 e. The molecule has 1 rings (SSSR count). The quantitative estimate of drug-likeness (QED) is 0.691. The highest BCUT2D eigenvalue weighted by Gasteiger charge is 2.19. The number of aliphatic hydroxyl groups excluding tert-OH is 1. The van der Waals surface area contributed by atoms with E-state index >= 15 is 0 Å². The number of aliphatic hydroxyl groups is 1. The van der Waals surface area contributed by atoms with Crippen molar-refractivity contribution in [1.29, 1.82) is 0 Å². The molecule has 1 fully saturated rings. The van der Waals surface area contributed by atoms with Gasteiger partial charge in [0.2, 0.25) is 5.91 Å². The first-order chi connectivity index (χ1) is 6.22. The van der Waals surface area contributed by atoms with Crippen LogP contribution in [0.2, 0.25) is 0 Å². The summed E-state index contributed by atoms with van der Waals surface area (Å²) >= 11 is 0. The minimum atomic E-state index is -0.0467. The van der Waals surface area contributed by atoms with Crippen molar-refractivity contribution in [2.75, 3.05) is 6.61 Å². The summed E-state index contributed by atoms with van der Waals surface area (Å²) in [5.41, 5.74) is 0. The fourth-order valence-electron chi connectivity index (χ4n) is 1.81. The predicted molar refractivity (Wildman–Crippen MR) is 51.3 cm³/mol. The predicted octanol–water partition coefficient (Wildman–Crippen LogP) is 1.06. The van der Waals surface area contributed by atoms with E-state index in [9.17, 15) is 4.79 Å². The maximum Gasteiger partial charge on any atom is 0.222 e. The Morgan fingerprint density at radius 1 is 1.38 bits per heavy atom. The van der Waals surface area contributed by atoms with E-state index in [1.54, 1.807) is 0 Å². The van der Waals surface area contributed by atoms with Gasteiger partial charge in [-0.25, -0.2) is 0 Å². The molecule has 0 spiro atoms. The molecule has 13 heavy (non-hydrogen) atoms. The summed E-state index contributed by atoms with van der Waals surface area (Å²) in [6.07, 6.45) is 4.86. The molecule has 0 aromatic carbocycles. The van der Waals surface area contributed by atoms with Crippen molar-refractivity contribution in [3.05, 3.63) is 0 Å². The molecule has 0 radical (unpaired) electrons. The third-order valence-corrected chi connectivity index (χ3v) is 2.72. The topological polar surface area (TPSA) is 49.3 Å². The maximum absolute atomic E-state index is 11.1. The standard InChI is InChI=1S/C10H19NO2/c1-8-2-4-9(5-3-8)11-10(13)6-7-12/h8-9,12H,2-7H2,1H3,(H,11,13). The van der Waals surface area contributed by atoms with Crippen LogP contribution >= 0.6 is 0 Å². The van der Waals surface area contributed by atoms with Gasteiger partial charge in [-0.1, -0.05) is 6.92 Å². The van der Waals surface area contributed by atoms with E-state index in [1.165, 1.54) is 12.8 Å². The van der Waals surface area contributed by atoms with Crippen LogP contribution in [0.4, 0.5) is 0 Å². The van der Waals surface area contributed by atoms with Crippen molar-refractivity contribution >= 4 is 5.91 Å². The Hall–Kier alpha value is -0.570. The van der Waals surface area contributed by atoms with Crippen LogP contribution < -0.4 is 5.32 Å². The van der Waals surface area contributed by atoms with Crippen LogP contribution in [0.3, 0.4) is 0 Å². The van der Waals surface area contributed by atoms with E-state index in [-0.39, 0.29) is 18.9 Å². The molecular formula is C10H19NO2. The van der Waals surface area contributed by atoms with E-state index in [0.717, 1.165) is 18.8 Å². The lowest BCUT2D eigenvalue weighted by Crippen LogP contribution is -2.37. The minimum Gasteiger partial charge on any atom is -0.396 e. The molecule has 0 saturated heterocycles. The van der Waals surface area contributed by atoms with Crippen LogP contribution in [-0.2, 0) is 4.79 Å². The summed E-state index contributed by atoms with van der Waals surface area (Å²) in [4.78, 5) is 11.1. The Morgan fingerprint density at radius 2 is 2.00 bits per heavy atom. The molecule has 1 amide bonds. The Kier molecular flexibility index (Phi) is 4.22. The zero-order valence-electron chi connectivity index (χ0n) is 8.25.